The van der Waals surface area contributed by atoms with Crippen LogP contribution in [0.3, 0.4) is 0 Å². The van der Waals surface area contributed by atoms with E-state index in [1.165, 1.54) is 0 Å². The van der Waals surface area contributed by atoms with Gasteiger partial charge in [0, 0.05) is 11.7 Å². The van der Waals surface area contributed by atoms with Gasteiger partial charge in [0.25, 0.3) is 0 Å². The maximum absolute atomic E-state index is 12.6. The standard InChI is InChI=1S/C13H16F3N/c14-13(15,16)10-5-4-8-12(9-10)17-11-6-2-1-3-7-11/h1-3,6-7,10,12,17H,4-5,8-9H2. The van der Waals surface area contributed by atoms with E-state index >= 15 is 0 Å². The summed E-state index contributed by atoms with van der Waals surface area (Å²) in [5, 5.41) is 3.18. The van der Waals surface area contributed by atoms with Gasteiger partial charge in [-0.1, -0.05) is 24.6 Å². The Balaban J connectivity index is 1.94. The van der Waals surface area contributed by atoms with E-state index in [2.05, 4.69) is 5.32 Å². The van der Waals surface area contributed by atoms with Gasteiger partial charge in [-0.15, -0.1) is 0 Å². The fraction of sp³-hybridized carbons (Fsp3) is 0.538. The van der Waals surface area contributed by atoms with E-state index in [0.717, 1.165) is 12.1 Å². The molecular formula is C13H16F3N. The van der Waals surface area contributed by atoms with Crippen LogP contribution in [-0.2, 0) is 0 Å². The average molecular weight is 243 g/mol. The average Bonchev–Trinajstić information content (AvgIpc) is 2.29. The molecule has 2 unspecified atom stereocenters. The smallest absolute Gasteiger partial charge is 0.382 e. The Hall–Kier alpha value is -1.19. The highest BCUT2D eigenvalue weighted by atomic mass is 19.4. The fourth-order valence-electron chi connectivity index (χ4n) is 2.39. The molecule has 2 rings (SSSR count). The number of alkyl halides is 3. The maximum atomic E-state index is 12.6. The van der Waals surface area contributed by atoms with E-state index in [1.54, 1.807) is 0 Å². The first-order valence-electron chi connectivity index (χ1n) is 5.94. The van der Waals surface area contributed by atoms with Gasteiger partial charge in [0.05, 0.1) is 5.92 Å². The summed E-state index contributed by atoms with van der Waals surface area (Å²) in [6.45, 7) is 0. The van der Waals surface area contributed by atoms with E-state index in [9.17, 15) is 13.2 Å². The molecule has 0 saturated heterocycles. The first kappa shape index (κ1) is 12.3. The summed E-state index contributed by atoms with van der Waals surface area (Å²) in [6.07, 6.45) is -2.11. The highest BCUT2D eigenvalue weighted by molar-refractivity contribution is 5.43. The predicted molar refractivity (Wildman–Crippen MR) is 61.9 cm³/mol. The molecule has 0 radical (unpaired) electrons. The second-order valence-corrected chi connectivity index (χ2v) is 4.61. The lowest BCUT2D eigenvalue weighted by Crippen LogP contribution is -2.34. The number of nitrogens with one attached hydrogen (secondary N) is 1. The first-order chi connectivity index (χ1) is 8.05. The van der Waals surface area contributed by atoms with Crippen LogP contribution in [0.25, 0.3) is 0 Å². The molecule has 1 N–H and O–H groups in total. The maximum Gasteiger partial charge on any atom is 0.391 e. The zero-order valence-electron chi connectivity index (χ0n) is 9.50. The Labute approximate surface area is 99.0 Å². The van der Waals surface area contributed by atoms with Gasteiger partial charge in [0.1, 0.15) is 0 Å². The van der Waals surface area contributed by atoms with Gasteiger partial charge in [-0.2, -0.15) is 13.2 Å². The van der Waals surface area contributed by atoms with Crippen LogP contribution >= 0.6 is 0 Å². The lowest BCUT2D eigenvalue weighted by atomic mass is 9.85. The van der Waals surface area contributed by atoms with Crippen LogP contribution in [0.2, 0.25) is 0 Å². The van der Waals surface area contributed by atoms with Crippen molar-refractivity contribution in [1.82, 2.24) is 0 Å². The number of hydrogen-bond donors (Lipinski definition) is 1. The van der Waals surface area contributed by atoms with Crippen molar-refractivity contribution in [2.45, 2.75) is 37.9 Å². The largest absolute Gasteiger partial charge is 0.391 e. The van der Waals surface area contributed by atoms with Gasteiger partial charge in [-0.05, 0) is 31.4 Å². The van der Waals surface area contributed by atoms with Crippen LogP contribution in [-0.4, -0.2) is 12.2 Å². The van der Waals surface area contributed by atoms with Crippen molar-refractivity contribution in [1.29, 1.82) is 0 Å². The molecule has 0 aromatic heterocycles. The first-order valence-corrected chi connectivity index (χ1v) is 5.94. The van der Waals surface area contributed by atoms with Gasteiger partial charge in [-0.25, -0.2) is 0 Å². The van der Waals surface area contributed by atoms with Gasteiger partial charge in [0.2, 0.25) is 0 Å². The van der Waals surface area contributed by atoms with Crippen LogP contribution < -0.4 is 5.32 Å². The van der Waals surface area contributed by atoms with Crippen molar-refractivity contribution in [3.63, 3.8) is 0 Å². The minimum atomic E-state index is -4.04. The summed E-state index contributed by atoms with van der Waals surface area (Å²) in [5.41, 5.74) is 0.903. The Kier molecular flexibility index (Phi) is 3.60. The van der Waals surface area contributed by atoms with E-state index in [1.807, 2.05) is 30.3 Å². The van der Waals surface area contributed by atoms with E-state index < -0.39 is 12.1 Å². The molecule has 4 heteroatoms. The number of anilines is 1. The summed E-state index contributed by atoms with van der Waals surface area (Å²) in [6, 6.07) is 9.37. The lowest BCUT2D eigenvalue weighted by Gasteiger charge is -2.31. The Bertz CT molecular complexity index is 347. The molecule has 0 amide bonds. The number of benzene rings is 1. The fourth-order valence-corrected chi connectivity index (χ4v) is 2.39. The molecule has 1 saturated carbocycles. The zero-order valence-corrected chi connectivity index (χ0v) is 9.50. The van der Waals surface area contributed by atoms with Gasteiger partial charge in [0.15, 0.2) is 0 Å². The van der Waals surface area contributed by atoms with Crippen LogP contribution in [0.5, 0.6) is 0 Å². The van der Waals surface area contributed by atoms with Crippen LogP contribution in [0, 0.1) is 5.92 Å². The molecule has 0 spiro atoms. The number of para-hydroxylation sites is 1. The Morgan fingerprint density at radius 2 is 1.76 bits per heavy atom. The molecule has 0 bridgehead atoms. The molecule has 1 aliphatic rings. The molecule has 1 aliphatic carbocycles. The van der Waals surface area contributed by atoms with Crippen molar-refractivity contribution >= 4 is 5.69 Å². The number of rotatable bonds is 2. The highest BCUT2D eigenvalue weighted by Gasteiger charge is 2.42. The molecule has 94 valence electrons. The van der Waals surface area contributed by atoms with Crippen LogP contribution in [0.1, 0.15) is 25.7 Å². The number of hydrogen-bond acceptors (Lipinski definition) is 1. The molecule has 0 aliphatic heterocycles. The summed E-state index contributed by atoms with van der Waals surface area (Å²) in [4.78, 5) is 0. The van der Waals surface area contributed by atoms with E-state index in [0.29, 0.717) is 6.42 Å². The van der Waals surface area contributed by atoms with Gasteiger partial charge < -0.3 is 5.32 Å². The Morgan fingerprint density at radius 1 is 1.06 bits per heavy atom. The molecule has 1 aromatic carbocycles. The minimum Gasteiger partial charge on any atom is -0.382 e. The highest BCUT2D eigenvalue weighted by Crippen LogP contribution is 2.38. The third kappa shape index (κ3) is 3.38. The summed E-state index contributed by atoms with van der Waals surface area (Å²) < 4.78 is 37.9. The molecule has 0 heterocycles. The van der Waals surface area contributed by atoms with Crippen molar-refractivity contribution in [3.05, 3.63) is 30.3 Å². The van der Waals surface area contributed by atoms with Crippen molar-refractivity contribution in [2.75, 3.05) is 5.32 Å². The van der Waals surface area contributed by atoms with E-state index in [4.69, 9.17) is 0 Å². The Morgan fingerprint density at radius 3 is 2.41 bits per heavy atom. The quantitative estimate of drug-likeness (QED) is 0.820. The third-order valence-corrected chi connectivity index (χ3v) is 3.28. The normalized spacial score (nSPS) is 25.6. The van der Waals surface area contributed by atoms with Crippen molar-refractivity contribution in [2.24, 2.45) is 5.92 Å². The SMILES string of the molecule is FC(F)(F)C1CCCC(Nc2ccccc2)C1. The summed E-state index contributed by atoms with van der Waals surface area (Å²) in [5.74, 6) is -1.14. The topological polar surface area (TPSA) is 12.0 Å². The molecule has 17 heavy (non-hydrogen) atoms. The van der Waals surface area contributed by atoms with Crippen molar-refractivity contribution < 1.29 is 13.2 Å². The van der Waals surface area contributed by atoms with Crippen LogP contribution in [0.15, 0.2) is 30.3 Å². The minimum absolute atomic E-state index is 0.0576. The van der Waals surface area contributed by atoms with Gasteiger partial charge >= 0.3 is 6.18 Å². The lowest BCUT2D eigenvalue weighted by molar-refractivity contribution is -0.182. The third-order valence-electron chi connectivity index (χ3n) is 3.28. The summed E-state index contributed by atoms with van der Waals surface area (Å²) >= 11 is 0. The monoisotopic (exact) mass is 243 g/mol. The van der Waals surface area contributed by atoms with Crippen molar-refractivity contribution in [3.8, 4) is 0 Å². The van der Waals surface area contributed by atoms with Crippen LogP contribution in [0.4, 0.5) is 18.9 Å². The molecule has 1 fully saturated rings. The predicted octanol–water partition coefficient (Wildman–Crippen LogP) is 4.22. The number of halogens is 3. The molecule has 1 nitrogen and oxygen atoms in total. The zero-order chi connectivity index (χ0) is 12.3. The van der Waals surface area contributed by atoms with Gasteiger partial charge in [-0.3, -0.25) is 0 Å². The molecular weight excluding hydrogens is 227 g/mol. The van der Waals surface area contributed by atoms with E-state index in [-0.39, 0.29) is 18.9 Å². The molecule has 1 aromatic rings. The second kappa shape index (κ2) is 4.98. The second-order valence-electron chi connectivity index (χ2n) is 4.61. The summed E-state index contributed by atoms with van der Waals surface area (Å²) in [7, 11) is 0. The molecule has 2 atom stereocenters.